The van der Waals surface area contributed by atoms with Crippen LogP contribution in [0.4, 0.5) is 16.3 Å². The molecule has 0 radical (unpaired) electrons. The number of fused-ring (bicyclic) bond motifs is 1. The molecule has 2 heterocycles. The lowest BCUT2D eigenvalue weighted by Gasteiger charge is -2.13. The van der Waals surface area contributed by atoms with Crippen molar-refractivity contribution in [3.63, 3.8) is 0 Å². The standard InChI is InChI=1S/C14H17N5O2/c1-21-10-4-2-3-9(7-10)16-14(20)17-13-11-8-15-6-5-12(11)18-19-13/h2-4,7,15H,5-6,8H2,1H3,(H3,16,17,18,19,20). The number of urea groups is 1. The molecule has 1 aliphatic heterocycles. The maximum atomic E-state index is 12.0. The average Bonchev–Trinajstić information content (AvgIpc) is 2.91. The normalized spacial score (nSPS) is 13.4. The van der Waals surface area contributed by atoms with Gasteiger partial charge in [0.05, 0.1) is 7.11 Å². The topological polar surface area (TPSA) is 91.1 Å². The fourth-order valence-electron chi connectivity index (χ4n) is 2.30. The van der Waals surface area contributed by atoms with Crippen LogP contribution in [-0.4, -0.2) is 29.9 Å². The Kier molecular flexibility index (Phi) is 3.74. The van der Waals surface area contributed by atoms with Gasteiger partial charge in [-0.3, -0.25) is 10.4 Å². The van der Waals surface area contributed by atoms with E-state index < -0.39 is 0 Å². The van der Waals surface area contributed by atoms with E-state index in [1.807, 2.05) is 12.1 Å². The molecule has 0 fully saturated rings. The number of nitrogens with zero attached hydrogens (tertiary/aromatic N) is 1. The van der Waals surface area contributed by atoms with E-state index in [-0.39, 0.29) is 6.03 Å². The molecule has 0 bridgehead atoms. The highest BCUT2D eigenvalue weighted by atomic mass is 16.5. The average molecular weight is 287 g/mol. The van der Waals surface area contributed by atoms with Crippen molar-refractivity contribution < 1.29 is 9.53 Å². The number of amides is 2. The fraction of sp³-hybridized carbons (Fsp3) is 0.286. The van der Waals surface area contributed by atoms with Crippen molar-refractivity contribution in [1.82, 2.24) is 15.5 Å². The smallest absolute Gasteiger partial charge is 0.324 e. The van der Waals surface area contributed by atoms with Gasteiger partial charge >= 0.3 is 6.03 Å². The summed E-state index contributed by atoms with van der Waals surface area (Å²) >= 11 is 0. The quantitative estimate of drug-likeness (QED) is 0.691. The molecule has 7 heteroatoms. The van der Waals surface area contributed by atoms with E-state index in [1.54, 1.807) is 19.2 Å². The van der Waals surface area contributed by atoms with Crippen LogP contribution in [-0.2, 0) is 13.0 Å². The number of methoxy groups -OCH3 is 1. The first-order valence-electron chi connectivity index (χ1n) is 6.75. The number of carbonyl (C=O) groups excluding carboxylic acids is 1. The minimum Gasteiger partial charge on any atom is -0.497 e. The largest absolute Gasteiger partial charge is 0.497 e. The van der Waals surface area contributed by atoms with Gasteiger partial charge < -0.3 is 15.4 Å². The first-order chi connectivity index (χ1) is 10.3. The van der Waals surface area contributed by atoms with E-state index in [4.69, 9.17) is 4.74 Å². The van der Waals surface area contributed by atoms with Crippen LogP contribution in [0.5, 0.6) is 5.75 Å². The number of aromatic nitrogens is 2. The first-order valence-corrected chi connectivity index (χ1v) is 6.75. The maximum absolute atomic E-state index is 12.0. The van der Waals surface area contributed by atoms with Crippen molar-refractivity contribution in [2.75, 3.05) is 24.3 Å². The van der Waals surface area contributed by atoms with Crippen molar-refractivity contribution in [3.8, 4) is 5.75 Å². The maximum Gasteiger partial charge on any atom is 0.324 e. The Morgan fingerprint density at radius 2 is 2.29 bits per heavy atom. The number of aromatic amines is 1. The second-order valence-electron chi connectivity index (χ2n) is 4.77. The second-order valence-corrected chi connectivity index (χ2v) is 4.77. The molecule has 0 atom stereocenters. The van der Waals surface area contributed by atoms with E-state index in [2.05, 4.69) is 26.1 Å². The molecule has 0 aliphatic carbocycles. The van der Waals surface area contributed by atoms with E-state index in [1.165, 1.54) is 0 Å². The van der Waals surface area contributed by atoms with Gasteiger partial charge in [-0.25, -0.2) is 4.79 Å². The molecule has 1 aromatic heterocycles. The zero-order valence-corrected chi connectivity index (χ0v) is 11.7. The molecule has 1 aliphatic rings. The highest BCUT2D eigenvalue weighted by Gasteiger charge is 2.17. The number of H-pyrrole nitrogens is 1. The molecule has 3 rings (SSSR count). The highest BCUT2D eigenvalue weighted by Crippen LogP contribution is 2.20. The molecule has 2 amide bonds. The lowest BCUT2D eigenvalue weighted by Crippen LogP contribution is -2.25. The molecular weight excluding hydrogens is 270 g/mol. The second kappa shape index (κ2) is 5.84. The number of benzene rings is 1. The SMILES string of the molecule is COc1cccc(NC(=O)Nc2n[nH]c3c2CNCC3)c1. The van der Waals surface area contributed by atoms with Crippen LogP contribution in [0, 0.1) is 0 Å². The number of ether oxygens (including phenoxy) is 1. The Balaban J connectivity index is 1.67. The fourth-order valence-corrected chi connectivity index (χ4v) is 2.30. The summed E-state index contributed by atoms with van der Waals surface area (Å²) in [6.07, 6.45) is 0.890. The molecular formula is C14H17N5O2. The van der Waals surface area contributed by atoms with Crippen LogP contribution in [0.25, 0.3) is 0 Å². The predicted molar refractivity (Wildman–Crippen MR) is 79.6 cm³/mol. The zero-order valence-electron chi connectivity index (χ0n) is 11.7. The van der Waals surface area contributed by atoms with Gasteiger partial charge in [-0.15, -0.1) is 0 Å². The Labute approximate surface area is 122 Å². The summed E-state index contributed by atoms with van der Waals surface area (Å²) in [7, 11) is 1.59. The highest BCUT2D eigenvalue weighted by molar-refractivity contribution is 5.99. The third kappa shape index (κ3) is 2.97. The summed E-state index contributed by atoms with van der Waals surface area (Å²) in [5.74, 6) is 1.26. The van der Waals surface area contributed by atoms with Gasteiger partial charge in [-0.1, -0.05) is 6.07 Å². The molecule has 0 saturated heterocycles. The number of anilines is 2. The van der Waals surface area contributed by atoms with Gasteiger partial charge in [0, 0.05) is 42.5 Å². The molecule has 2 aromatic rings. The summed E-state index contributed by atoms with van der Waals surface area (Å²) in [5.41, 5.74) is 2.75. The van der Waals surface area contributed by atoms with Gasteiger partial charge in [0.15, 0.2) is 5.82 Å². The summed E-state index contributed by atoms with van der Waals surface area (Å²) in [6, 6.07) is 6.85. The van der Waals surface area contributed by atoms with Gasteiger partial charge in [-0.2, -0.15) is 5.10 Å². The first kappa shape index (κ1) is 13.4. The summed E-state index contributed by atoms with van der Waals surface area (Å²) in [6.45, 7) is 1.63. The Bertz CT molecular complexity index is 653. The van der Waals surface area contributed by atoms with Gasteiger partial charge in [0.25, 0.3) is 0 Å². The van der Waals surface area contributed by atoms with Crippen LogP contribution in [0.1, 0.15) is 11.3 Å². The minimum atomic E-state index is -0.330. The Morgan fingerprint density at radius 3 is 3.14 bits per heavy atom. The third-order valence-corrected chi connectivity index (χ3v) is 3.37. The number of hydrogen-bond acceptors (Lipinski definition) is 4. The van der Waals surface area contributed by atoms with E-state index in [0.29, 0.717) is 23.8 Å². The van der Waals surface area contributed by atoms with Crippen LogP contribution < -0.4 is 20.7 Å². The number of nitrogens with one attached hydrogen (secondary N) is 4. The molecule has 0 unspecified atom stereocenters. The van der Waals surface area contributed by atoms with Gasteiger partial charge in [0.1, 0.15) is 5.75 Å². The van der Waals surface area contributed by atoms with Crippen molar-refractivity contribution in [1.29, 1.82) is 0 Å². The van der Waals surface area contributed by atoms with Crippen LogP contribution in [0.3, 0.4) is 0 Å². The summed E-state index contributed by atoms with van der Waals surface area (Å²) < 4.78 is 5.12. The summed E-state index contributed by atoms with van der Waals surface area (Å²) in [4.78, 5) is 12.0. The van der Waals surface area contributed by atoms with Crippen molar-refractivity contribution in [3.05, 3.63) is 35.5 Å². The van der Waals surface area contributed by atoms with Gasteiger partial charge in [-0.05, 0) is 12.1 Å². The molecule has 21 heavy (non-hydrogen) atoms. The van der Waals surface area contributed by atoms with E-state index in [9.17, 15) is 4.79 Å². The van der Waals surface area contributed by atoms with Crippen molar-refractivity contribution >= 4 is 17.5 Å². The molecule has 0 saturated carbocycles. The number of carbonyl (C=O) groups is 1. The lowest BCUT2D eigenvalue weighted by atomic mass is 10.1. The molecule has 0 spiro atoms. The van der Waals surface area contributed by atoms with Crippen LogP contribution >= 0.6 is 0 Å². The van der Waals surface area contributed by atoms with E-state index >= 15 is 0 Å². The van der Waals surface area contributed by atoms with Gasteiger partial charge in [0.2, 0.25) is 0 Å². The van der Waals surface area contributed by atoms with Crippen molar-refractivity contribution in [2.24, 2.45) is 0 Å². The lowest BCUT2D eigenvalue weighted by molar-refractivity contribution is 0.262. The zero-order chi connectivity index (χ0) is 14.7. The predicted octanol–water partition coefficient (Wildman–Crippen LogP) is 1.71. The molecule has 110 valence electrons. The number of rotatable bonds is 3. The Hall–Kier alpha value is -2.54. The minimum absolute atomic E-state index is 0.330. The third-order valence-electron chi connectivity index (χ3n) is 3.37. The van der Waals surface area contributed by atoms with Crippen LogP contribution in [0.15, 0.2) is 24.3 Å². The van der Waals surface area contributed by atoms with Crippen molar-refractivity contribution in [2.45, 2.75) is 13.0 Å². The monoisotopic (exact) mass is 287 g/mol. The molecule has 4 N–H and O–H groups in total. The molecule has 1 aromatic carbocycles. The molecule has 7 nitrogen and oxygen atoms in total. The van der Waals surface area contributed by atoms with Crippen LogP contribution in [0.2, 0.25) is 0 Å². The number of hydrogen-bond donors (Lipinski definition) is 4. The van der Waals surface area contributed by atoms with E-state index in [0.717, 1.165) is 24.2 Å². The summed E-state index contributed by atoms with van der Waals surface area (Å²) in [5, 5.41) is 15.9. The Morgan fingerprint density at radius 1 is 1.38 bits per heavy atom.